The second kappa shape index (κ2) is 6.31. The van der Waals surface area contributed by atoms with Crippen molar-refractivity contribution in [3.8, 4) is 0 Å². The van der Waals surface area contributed by atoms with Gasteiger partial charge in [-0.25, -0.2) is 16.3 Å². The molecule has 23 heavy (non-hydrogen) atoms. The van der Waals surface area contributed by atoms with Crippen molar-refractivity contribution in [2.24, 2.45) is 0 Å². The van der Waals surface area contributed by atoms with E-state index in [1.807, 2.05) is 0 Å². The maximum absolute atomic E-state index is 12.5. The molecule has 0 radical (unpaired) electrons. The van der Waals surface area contributed by atoms with Crippen molar-refractivity contribution in [2.75, 3.05) is 0 Å². The second-order valence-corrected chi connectivity index (χ2v) is 8.11. The first kappa shape index (κ1) is 15.8. The highest BCUT2D eigenvalue weighted by molar-refractivity contribution is 5.76. The Hall–Kier alpha value is -0.690. The summed E-state index contributed by atoms with van der Waals surface area (Å²) in [4.78, 5) is 12.5. The molecule has 2 spiro atoms. The van der Waals surface area contributed by atoms with E-state index in [4.69, 9.17) is 4.74 Å². The third-order valence-corrected chi connectivity index (χ3v) is 6.35. The van der Waals surface area contributed by atoms with Gasteiger partial charge in [0.25, 0.3) is 0 Å². The molecule has 4 rings (SSSR count). The van der Waals surface area contributed by atoms with Gasteiger partial charge in [-0.1, -0.05) is 38.5 Å². The third-order valence-electron chi connectivity index (χ3n) is 6.35. The zero-order valence-corrected chi connectivity index (χ0v) is 14.0. The Balaban J connectivity index is 1.29. The van der Waals surface area contributed by atoms with E-state index in [2.05, 4.69) is 21.7 Å². The molecular formula is C17H30N4O2. The molecule has 6 heteroatoms. The molecule has 0 aromatic heterocycles. The number of rotatable bonds is 2. The lowest BCUT2D eigenvalue weighted by Crippen LogP contribution is -2.46. The third kappa shape index (κ3) is 3.27. The summed E-state index contributed by atoms with van der Waals surface area (Å²) in [6.45, 7) is 0. The van der Waals surface area contributed by atoms with Gasteiger partial charge in [-0.3, -0.25) is 10.2 Å². The summed E-state index contributed by atoms with van der Waals surface area (Å²) >= 11 is 0. The average Bonchev–Trinajstić information content (AvgIpc) is 3.14. The van der Waals surface area contributed by atoms with Gasteiger partial charge >= 0.3 is 5.97 Å². The molecule has 2 saturated carbocycles. The van der Waals surface area contributed by atoms with Crippen molar-refractivity contribution in [1.82, 2.24) is 21.7 Å². The zero-order valence-electron chi connectivity index (χ0n) is 14.0. The highest BCUT2D eigenvalue weighted by Gasteiger charge is 2.45. The second-order valence-electron chi connectivity index (χ2n) is 8.11. The van der Waals surface area contributed by atoms with Crippen molar-refractivity contribution in [3.63, 3.8) is 0 Å². The lowest BCUT2D eigenvalue weighted by molar-refractivity contribution is -0.152. The topological polar surface area (TPSA) is 74.4 Å². The number of hydrazine groups is 2. The van der Waals surface area contributed by atoms with Gasteiger partial charge in [-0.2, -0.15) is 0 Å². The smallest absolute Gasteiger partial charge is 0.326 e. The minimum atomic E-state index is -0.210. The average molecular weight is 322 g/mol. The summed E-state index contributed by atoms with van der Waals surface area (Å²) in [7, 11) is 0. The molecule has 2 unspecified atom stereocenters. The standard InChI is InChI=1S/C17H30N4O2/c22-15(13-11-16(20-18-13)7-3-1-4-8-16)23-14-12-17(21-19-14)9-5-2-6-10-17/h13-14,18-21H,1-12H2. The van der Waals surface area contributed by atoms with Gasteiger partial charge in [0.15, 0.2) is 6.23 Å². The molecule has 2 aliphatic heterocycles. The fourth-order valence-corrected chi connectivity index (χ4v) is 4.97. The quantitative estimate of drug-likeness (QED) is 0.579. The number of hydrogen-bond acceptors (Lipinski definition) is 6. The summed E-state index contributed by atoms with van der Waals surface area (Å²) in [5.74, 6) is -0.118. The van der Waals surface area contributed by atoms with Crippen LogP contribution >= 0.6 is 0 Å². The molecule has 2 aliphatic carbocycles. The van der Waals surface area contributed by atoms with Gasteiger partial charge < -0.3 is 4.74 Å². The molecule has 0 bridgehead atoms. The van der Waals surface area contributed by atoms with E-state index in [0.717, 1.165) is 25.7 Å². The van der Waals surface area contributed by atoms with E-state index in [0.29, 0.717) is 0 Å². The van der Waals surface area contributed by atoms with Crippen LogP contribution in [-0.2, 0) is 9.53 Å². The molecule has 0 aromatic carbocycles. The summed E-state index contributed by atoms with van der Waals surface area (Å²) in [5, 5.41) is 0. The number of carbonyl (C=O) groups is 1. The van der Waals surface area contributed by atoms with Crippen LogP contribution < -0.4 is 21.7 Å². The molecule has 4 aliphatic rings. The summed E-state index contributed by atoms with van der Waals surface area (Å²) < 4.78 is 5.74. The van der Waals surface area contributed by atoms with Crippen LogP contribution in [0.2, 0.25) is 0 Å². The highest BCUT2D eigenvalue weighted by atomic mass is 16.6. The van der Waals surface area contributed by atoms with E-state index >= 15 is 0 Å². The maximum Gasteiger partial charge on any atom is 0.326 e. The van der Waals surface area contributed by atoms with E-state index in [1.165, 1.54) is 51.4 Å². The molecule has 0 aromatic rings. The molecule has 2 atom stereocenters. The molecule has 4 fully saturated rings. The molecule has 4 N–H and O–H groups in total. The summed E-state index contributed by atoms with van der Waals surface area (Å²) in [6, 6.07) is -0.210. The van der Waals surface area contributed by atoms with Crippen molar-refractivity contribution in [2.45, 2.75) is 100 Å². The SMILES string of the molecule is O=C(OC1CC2(CCCCC2)NN1)C1CC2(CCCCC2)NN1. The van der Waals surface area contributed by atoms with Crippen LogP contribution in [0.4, 0.5) is 0 Å². The fourth-order valence-electron chi connectivity index (χ4n) is 4.97. The molecular weight excluding hydrogens is 292 g/mol. The number of ether oxygens (including phenoxy) is 1. The van der Waals surface area contributed by atoms with Crippen LogP contribution in [0.1, 0.15) is 77.0 Å². The van der Waals surface area contributed by atoms with Gasteiger partial charge in [-0.15, -0.1) is 0 Å². The Morgan fingerprint density at radius 3 is 2.00 bits per heavy atom. The maximum atomic E-state index is 12.5. The summed E-state index contributed by atoms with van der Waals surface area (Å²) in [6.07, 6.45) is 13.9. The van der Waals surface area contributed by atoms with Crippen molar-refractivity contribution in [1.29, 1.82) is 0 Å². The fraction of sp³-hybridized carbons (Fsp3) is 0.941. The molecule has 0 amide bonds. The minimum Gasteiger partial charge on any atom is -0.444 e. The van der Waals surface area contributed by atoms with Crippen LogP contribution in [0.5, 0.6) is 0 Å². The monoisotopic (exact) mass is 322 g/mol. The number of carbonyl (C=O) groups excluding carboxylic acids is 1. The highest BCUT2D eigenvalue weighted by Crippen LogP contribution is 2.36. The van der Waals surface area contributed by atoms with Crippen LogP contribution in [0, 0.1) is 0 Å². The zero-order chi connectivity index (χ0) is 15.8. The first-order valence-electron chi connectivity index (χ1n) is 9.45. The Kier molecular flexibility index (Phi) is 4.34. The Bertz CT molecular complexity index is 444. The molecule has 130 valence electrons. The largest absolute Gasteiger partial charge is 0.444 e. The first-order chi connectivity index (χ1) is 11.2. The Morgan fingerprint density at radius 2 is 1.35 bits per heavy atom. The number of hydrogen-bond donors (Lipinski definition) is 4. The van der Waals surface area contributed by atoms with E-state index in [-0.39, 0.29) is 29.3 Å². The van der Waals surface area contributed by atoms with Crippen LogP contribution in [0.15, 0.2) is 0 Å². The Labute approximate surface area is 138 Å². The van der Waals surface area contributed by atoms with Crippen LogP contribution in [-0.4, -0.2) is 29.3 Å². The summed E-state index contributed by atoms with van der Waals surface area (Å²) in [5.41, 5.74) is 13.5. The van der Waals surface area contributed by atoms with Crippen LogP contribution in [0.3, 0.4) is 0 Å². The van der Waals surface area contributed by atoms with E-state index in [1.54, 1.807) is 0 Å². The van der Waals surface area contributed by atoms with Gasteiger partial charge in [0.1, 0.15) is 6.04 Å². The molecule has 2 saturated heterocycles. The Morgan fingerprint density at radius 1 is 0.783 bits per heavy atom. The number of nitrogens with one attached hydrogen (secondary N) is 4. The minimum absolute atomic E-state index is 0.118. The van der Waals surface area contributed by atoms with Crippen molar-refractivity contribution in [3.05, 3.63) is 0 Å². The lowest BCUT2D eigenvalue weighted by Gasteiger charge is -2.32. The normalized spacial score (nSPS) is 35.7. The first-order valence-corrected chi connectivity index (χ1v) is 9.45. The number of esters is 1. The van der Waals surface area contributed by atoms with Gasteiger partial charge in [0.2, 0.25) is 0 Å². The molecule has 6 nitrogen and oxygen atoms in total. The van der Waals surface area contributed by atoms with Gasteiger partial charge in [0.05, 0.1) is 0 Å². The van der Waals surface area contributed by atoms with Crippen LogP contribution in [0.25, 0.3) is 0 Å². The van der Waals surface area contributed by atoms with Gasteiger partial charge in [-0.05, 0) is 32.1 Å². The lowest BCUT2D eigenvalue weighted by atomic mass is 9.79. The van der Waals surface area contributed by atoms with Crippen molar-refractivity contribution < 1.29 is 9.53 Å². The van der Waals surface area contributed by atoms with Gasteiger partial charge in [0, 0.05) is 17.5 Å². The molecule has 2 heterocycles. The van der Waals surface area contributed by atoms with E-state index in [9.17, 15) is 4.79 Å². The van der Waals surface area contributed by atoms with Crippen molar-refractivity contribution >= 4 is 5.97 Å². The predicted octanol–water partition coefficient (Wildman–Crippen LogP) is 1.63. The predicted molar refractivity (Wildman–Crippen MR) is 87.1 cm³/mol. The van der Waals surface area contributed by atoms with E-state index < -0.39 is 0 Å².